The Bertz CT molecular complexity index is 584. The summed E-state index contributed by atoms with van der Waals surface area (Å²) in [4.78, 5) is 38.8. The molecule has 1 aromatic rings. The molecule has 0 radical (unpaired) electrons. The first-order chi connectivity index (χ1) is 11.0. The molecule has 8 nitrogen and oxygen atoms in total. The van der Waals surface area contributed by atoms with Crippen LogP contribution in [0.3, 0.4) is 0 Å². The molecule has 0 aliphatic carbocycles. The van der Waals surface area contributed by atoms with Crippen LogP contribution in [0.25, 0.3) is 0 Å². The van der Waals surface area contributed by atoms with Gasteiger partial charge in [0.1, 0.15) is 5.76 Å². The van der Waals surface area contributed by atoms with Gasteiger partial charge in [0.05, 0.1) is 13.1 Å². The van der Waals surface area contributed by atoms with Gasteiger partial charge in [0, 0.05) is 26.1 Å². The second kappa shape index (κ2) is 7.75. The standard InChI is InChI=1S/C15H22N4O4/c1-11-8-12(17-23-11)16-13(20)9-18(2)15(22)10-19-7-5-3-4-6-14(19)21/h8H,3-7,9-10H2,1-2H3,(H,16,17,20). The molecule has 0 bridgehead atoms. The maximum atomic E-state index is 12.2. The van der Waals surface area contributed by atoms with Crippen LogP contribution in [0, 0.1) is 6.92 Å². The smallest absolute Gasteiger partial charge is 0.245 e. The van der Waals surface area contributed by atoms with Gasteiger partial charge in [0.25, 0.3) is 0 Å². The maximum Gasteiger partial charge on any atom is 0.245 e. The van der Waals surface area contributed by atoms with Gasteiger partial charge in [-0.15, -0.1) is 0 Å². The van der Waals surface area contributed by atoms with Gasteiger partial charge in [-0.25, -0.2) is 0 Å². The normalized spacial score (nSPS) is 15.2. The van der Waals surface area contributed by atoms with Crippen LogP contribution in [0.1, 0.15) is 31.4 Å². The van der Waals surface area contributed by atoms with E-state index < -0.39 is 0 Å². The summed E-state index contributed by atoms with van der Waals surface area (Å²) in [7, 11) is 1.54. The minimum Gasteiger partial charge on any atom is -0.360 e. The number of nitrogens with zero attached hydrogens (tertiary/aromatic N) is 3. The Morgan fingerprint density at radius 3 is 2.87 bits per heavy atom. The number of nitrogens with one attached hydrogen (secondary N) is 1. The van der Waals surface area contributed by atoms with Crippen molar-refractivity contribution in [2.75, 3.05) is 32.0 Å². The largest absolute Gasteiger partial charge is 0.360 e. The van der Waals surface area contributed by atoms with E-state index in [0.29, 0.717) is 24.5 Å². The van der Waals surface area contributed by atoms with Gasteiger partial charge < -0.3 is 19.6 Å². The number of carbonyl (C=O) groups excluding carboxylic acids is 3. The van der Waals surface area contributed by atoms with Gasteiger partial charge in [-0.2, -0.15) is 0 Å². The molecule has 1 N–H and O–H groups in total. The number of amides is 3. The second-order valence-electron chi connectivity index (χ2n) is 5.75. The Morgan fingerprint density at radius 2 is 2.17 bits per heavy atom. The van der Waals surface area contributed by atoms with Crippen LogP contribution in [-0.2, 0) is 14.4 Å². The molecule has 2 heterocycles. The van der Waals surface area contributed by atoms with E-state index in [1.165, 1.54) is 11.9 Å². The van der Waals surface area contributed by atoms with Crippen LogP contribution in [0.15, 0.2) is 10.6 Å². The summed E-state index contributed by atoms with van der Waals surface area (Å²) in [5.74, 6) is 0.287. The van der Waals surface area contributed by atoms with E-state index in [2.05, 4.69) is 10.5 Å². The van der Waals surface area contributed by atoms with Crippen molar-refractivity contribution in [3.05, 3.63) is 11.8 Å². The van der Waals surface area contributed by atoms with Gasteiger partial charge >= 0.3 is 0 Å². The lowest BCUT2D eigenvalue weighted by molar-refractivity contribution is -0.140. The first-order valence-corrected chi connectivity index (χ1v) is 7.70. The molecular formula is C15H22N4O4. The van der Waals surface area contributed by atoms with E-state index in [0.717, 1.165) is 19.3 Å². The Morgan fingerprint density at radius 1 is 1.39 bits per heavy atom. The topological polar surface area (TPSA) is 95.8 Å². The average molecular weight is 322 g/mol. The minimum absolute atomic E-state index is 0.00627. The maximum absolute atomic E-state index is 12.2. The van der Waals surface area contributed by atoms with Crippen LogP contribution in [0.5, 0.6) is 0 Å². The van der Waals surface area contributed by atoms with Crippen molar-refractivity contribution in [3.63, 3.8) is 0 Å². The van der Waals surface area contributed by atoms with Gasteiger partial charge in [0.2, 0.25) is 17.7 Å². The lowest BCUT2D eigenvalue weighted by Crippen LogP contribution is -2.43. The number of rotatable bonds is 5. The molecule has 0 spiro atoms. The van der Waals surface area contributed by atoms with E-state index in [1.54, 1.807) is 17.9 Å². The number of likely N-dealkylation sites (N-methyl/N-ethyl adjacent to an activating group) is 1. The summed E-state index contributed by atoms with van der Waals surface area (Å²) in [6, 6.07) is 1.59. The summed E-state index contributed by atoms with van der Waals surface area (Å²) >= 11 is 0. The third kappa shape index (κ3) is 5.08. The zero-order chi connectivity index (χ0) is 16.8. The van der Waals surface area contributed by atoms with Crippen LogP contribution < -0.4 is 5.32 Å². The molecule has 1 saturated heterocycles. The Labute approximate surface area is 134 Å². The molecule has 0 aromatic carbocycles. The fourth-order valence-electron chi connectivity index (χ4n) is 2.40. The zero-order valence-electron chi connectivity index (χ0n) is 13.5. The Balaban J connectivity index is 1.81. The molecule has 1 aromatic heterocycles. The number of anilines is 1. The lowest BCUT2D eigenvalue weighted by atomic mass is 10.2. The zero-order valence-corrected chi connectivity index (χ0v) is 13.5. The minimum atomic E-state index is -0.364. The van der Waals surface area contributed by atoms with Gasteiger partial charge in [-0.1, -0.05) is 11.6 Å². The summed E-state index contributed by atoms with van der Waals surface area (Å²) in [5, 5.41) is 6.21. The second-order valence-corrected chi connectivity index (χ2v) is 5.75. The first kappa shape index (κ1) is 17.0. The van der Waals surface area contributed by atoms with Crippen LogP contribution in [-0.4, -0.2) is 59.4 Å². The van der Waals surface area contributed by atoms with E-state index in [-0.39, 0.29) is 30.8 Å². The number of aryl methyl sites for hydroxylation is 1. The SMILES string of the molecule is Cc1cc(NC(=O)CN(C)C(=O)CN2CCCCCC2=O)no1. The monoisotopic (exact) mass is 322 g/mol. The molecule has 0 unspecified atom stereocenters. The van der Waals surface area contributed by atoms with Crippen molar-refractivity contribution in [1.82, 2.24) is 15.0 Å². The molecular weight excluding hydrogens is 300 g/mol. The van der Waals surface area contributed by atoms with Gasteiger partial charge in [-0.05, 0) is 19.8 Å². The van der Waals surface area contributed by atoms with Crippen LogP contribution in [0.2, 0.25) is 0 Å². The van der Waals surface area contributed by atoms with Crippen molar-refractivity contribution < 1.29 is 18.9 Å². The molecule has 1 aliphatic heterocycles. The van der Waals surface area contributed by atoms with Gasteiger partial charge in [-0.3, -0.25) is 14.4 Å². The fourth-order valence-corrected chi connectivity index (χ4v) is 2.40. The molecule has 0 atom stereocenters. The fraction of sp³-hybridized carbons (Fsp3) is 0.600. The predicted octanol–water partition coefficient (Wildman–Crippen LogP) is 0.783. The average Bonchev–Trinajstić information content (AvgIpc) is 2.78. The molecule has 0 saturated carbocycles. The molecule has 2 rings (SSSR count). The molecule has 3 amide bonds. The van der Waals surface area contributed by atoms with E-state index in [9.17, 15) is 14.4 Å². The van der Waals surface area contributed by atoms with E-state index in [4.69, 9.17) is 4.52 Å². The summed E-state index contributed by atoms with van der Waals surface area (Å²) in [6.45, 7) is 2.23. The third-order valence-corrected chi connectivity index (χ3v) is 3.70. The quantitative estimate of drug-likeness (QED) is 0.864. The summed E-state index contributed by atoms with van der Waals surface area (Å²) < 4.78 is 4.85. The molecule has 1 fully saturated rings. The summed E-state index contributed by atoms with van der Waals surface area (Å²) in [6.07, 6.45) is 3.28. The van der Waals surface area contributed by atoms with Crippen molar-refractivity contribution in [3.8, 4) is 0 Å². The highest BCUT2D eigenvalue weighted by molar-refractivity contribution is 5.94. The van der Waals surface area contributed by atoms with E-state index >= 15 is 0 Å². The molecule has 8 heteroatoms. The lowest BCUT2D eigenvalue weighted by Gasteiger charge is -2.23. The van der Waals surface area contributed by atoms with Crippen LogP contribution >= 0.6 is 0 Å². The summed E-state index contributed by atoms with van der Waals surface area (Å²) in [5.41, 5.74) is 0. The predicted molar refractivity (Wildman–Crippen MR) is 82.6 cm³/mol. The molecule has 1 aliphatic rings. The van der Waals surface area contributed by atoms with E-state index in [1.807, 2.05) is 0 Å². The molecule has 126 valence electrons. The number of hydrogen-bond acceptors (Lipinski definition) is 5. The highest BCUT2D eigenvalue weighted by atomic mass is 16.5. The van der Waals surface area contributed by atoms with Crippen molar-refractivity contribution in [2.24, 2.45) is 0 Å². The van der Waals surface area contributed by atoms with Crippen LogP contribution in [0.4, 0.5) is 5.82 Å². The number of carbonyl (C=O) groups is 3. The molecule has 23 heavy (non-hydrogen) atoms. The highest BCUT2D eigenvalue weighted by Gasteiger charge is 2.22. The van der Waals surface area contributed by atoms with Crippen molar-refractivity contribution >= 4 is 23.5 Å². The van der Waals surface area contributed by atoms with Crippen molar-refractivity contribution in [1.29, 1.82) is 0 Å². The number of likely N-dealkylation sites (tertiary alicyclic amines) is 1. The number of hydrogen-bond donors (Lipinski definition) is 1. The first-order valence-electron chi connectivity index (χ1n) is 7.70. The Hall–Kier alpha value is -2.38. The van der Waals surface area contributed by atoms with Gasteiger partial charge in [0.15, 0.2) is 5.82 Å². The third-order valence-electron chi connectivity index (χ3n) is 3.70. The number of aromatic nitrogens is 1. The van der Waals surface area contributed by atoms with Crippen molar-refractivity contribution in [2.45, 2.75) is 32.6 Å². The highest BCUT2D eigenvalue weighted by Crippen LogP contribution is 2.11. The Kier molecular flexibility index (Phi) is 5.72.